The van der Waals surface area contributed by atoms with Crippen LogP contribution in [0, 0.1) is 15.2 Å². The molecule has 22 heavy (non-hydrogen) atoms. The topological polar surface area (TPSA) is 0 Å². The van der Waals surface area contributed by atoms with Crippen molar-refractivity contribution in [1.29, 1.82) is 0 Å². The molecule has 110 valence electrons. The highest BCUT2D eigenvalue weighted by molar-refractivity contribution is 14.1. The average molecular weight is 425 g/mol. The molecule has 0 bridgehead atoms. The van der Waals surface area contributed by atoms with Crippen molar-refractivity contribution in [2.45, 2.75) is 14.7 Å². The molecular weight excluding hydrogens is 413 g/mol. The third-order valence-corrected chi connectivity index (χ3v) is 6.10. The molecule has 0 unspecified atom stereocenters. The second-order valence-corrected chi connectivity index (χ2v) is 7.94. The normalized spacial score (nSPS) is 10.9. The SMILES string of the molecule is Fc1ccc([S+](c2ccc(F)cc2)c2ccc(I)cc2)cc1. The zero-order valence-electron chi connectivity index (χ0n) is 11.5. The standard InChI is InChI=1S/C18H12F2IS/c19-13-1-7-16(8-2-13)22(17-9-3-14(20)4-10-17)18-11-5-15(21)6-12-18/h1-12H/q+1. The van der Waals surface area contributed by atoms with Crippen molar-refractivity contribution in [2.75, 3.05) is 0 Å². The predicted molar refractivity (Wildman–Crippen MR) is 94.1 cm³/mol. The summed E-state index contributed by atoms with van der Waals surface area (Å²) in [6, 6.07) is 21.2. The third-order valence-electron chi connectivity index (χ3n) is 3.15. The van der Waals surface area contributed by atoms with Crippen molar-refractivity contribution in [2.24, 2.45) is 0 Å². The molecule has 0 N–H and O–H groups in total. The molecular formula is C18H12F2IS+. The maximum absolute atomic E-state index is 13.2. The summed E-state index contributed by atoms with van der Waals surface area (Å²) in [4.78, 5) is 3.14. The molecule has 0 aliphatic rings. The molecule has 0 saturated heterocycles. The van der Waals surface area contributed by atoms with E-state index < -0.39 is 0 Å². The van der Waals surface area contributed by atoms with Gasteiger partial charge in [-0.1, -0.05) is 0 Å². The Balaban J connectivity index is 2.10. The van der Waals surface area contributed by atoms with Crippen molar-refractivity contribution >= 4 is 33.5 Å². The highest BCUT2D eigenvalue weighted by atomic mass is 127. The first-order valence-corrected chi connectivity index (χ1v) is 8.95. The van der Waals surface area contributed by atoms with Crippen molar-refractivity contribution in [3.8, 4) is 0 Å². The summed E-state index contributed by atoms with van der Waals surface area (Å²) in [5, 5.41) is 0. The Hall–Kier alpha value is -1.40. The van der Waals surface area contributed by atoms with Crippen LogP contribution in [0.1, 0.15) is 0 Å². The van der Waals surface area contributed by atoms with Crippen LogP contribution in [-0.2, 0) is 10.9 Å². The molecule has 0 radical (unpaired) electrons. The Kier molecular flexibility index (Phi) is 4.78. The molecule has 0 amide bonds. The van der Waals surface area contributed by atoms with E-state index >= 15 is 0 Å². The molecule has 0 nitrogen and oxygen atoms in total. The molecule has 0 saturated carbocycles. The highest BCUT2D eigenvalue weighted by Gasteiger charge is 2.28. The van der Waals surface area contributed by atoms with Crippen LogP contribution in [0.2, 0.25) is 0 Å². The van der Waals surface area contributed by atoms with Crippen LogP contribution >= 0.6 is 22.6 Å². The van der Waals surface area contributed by atoms with Gasteiger partial charge in [0.25, 0.3) is 0 Å². The molecule has 3 rings (SSSR count). The molecule has 0 aliphatic carbocycles. The van der Waals surface area contributed by atoms with E-state index in [0.717, 1.165) is 18.3 Å². The first-order chi connectivity index (χ1) is 10.6. The third kappa shape index (κ3) is 3.50. The van der Waals surface area contributed by atoms with E-state index in [1.165, 1.54) is 24.3 Å². The van der Waals surface area contributed by atoms with Gasteiger partial charge in [-0.15, -0.1) is 0 Å². The largest absolute Gasteiger partial charge is 0.207 e. The minimum Gasteiger partial charge on any atom is -0.207 e. The van der Waals surface area contributed by atoms with Gasteiger partial charge in [0.05, 0.1) is 10.9 Å². The Morgan fingerprint density at radius 1 is 0.545 bits per heavy atom. The first-order valence-electron chi connectivity index (χ1n) is 6.64. The van der Waals surface area contributed by atoms with E-state index in [1.807, 2.05) is 12.1 Å². The van der Waals surface area contributed by atoms with Crippen molar-refractivity contribution in [3.63, 3.8) is 0 Å². The number of halogens is 3. The second kappa shape index (κ2) is 6.79. The van der Waals surface area contributed by atoms with Crippen LogP contribution in [-0.4, -0.2) is 0 Å². The maximum Gasteiger partial charge on any atom is 0.166 e. The second-order valence-electron chi connectivity index (χ2n) is 4.67. The van der Waals surface area contributed by atoms with Crippen molar-refractivity contribution in [3.05, 3.63) is 88.0 Å². The van der Waals surface area contributed by atoms with Gasteiger partial charge in [-0.25, -0.2) is 8.78 Å². The van der Waals surface area contributed by atoms with Crippen molar-refractivity contribution in [1.82, 2.24) is 0 Å². The fourth-order valence-electron chi connectivity index (χ4n) is 2.12. The summed E-state index contributed by atoms with van der Waals surface area (Å²) in [5.74, 6) is -0.511. The predicted octanol–water partition coefficient (Wildman–Crippen LogP) is 5.66. The molecule has 0 atom stereocenters. The summed E-state index contributed by atoms with van der Waals surface area (Å²) in [5.41, 5.74) is 0. The van der Waals surface area contributed by atoms with Gasteiger partial charge >= 0.3 is 0 Å². The van der Waals surface area contributed by atoms with E-state index in [4.69, 9.17) is 0 Å². The molecule has 3 aromatic rings. The smallest absolute Gasteiger partial charge is 0.166 e. The summed E-state index contributed by atoms with van der Waals surface area (Å²) >= 11 is 2.26. The zero-order valence-corrected chi connectivity index (χ0v) is 14.4. The molecule has 0 aliphatic heterocycles. The average Bonchev–Trinajstić information content (AvgIpc) is 2.53. The number of benzene rings is 3. The van der Waals surface area contributed by atoms with Crippen LogP contribution < -0.4 is 0 Å². The Bertz CT molecular complexity index is 644. The summed E-state index contributed by atoms with van der Waals surface area (Å²) in [6.45, 7) is 0. The molecule has 4 heteroatoms. The van der Waals surface area contributed by atoms with Crippen LogP contribution in [0.15, 0.2) is 87.5 Å². The lowest BCUT2D eigenvalue weighted by Crippen LogP contribution is -2.05. The van der Waals surface area contributed by atoms with E-state index in [2.05, 4.69) is 34.7 Å². The monoisotopic (exact) mass is 425 g/mol. The van der Waals surface area contributed by atoms with E-state index in [9.17, 15) is 8.78 Å². The maximum atomic E-state index is 13.2. The van der Waals surface area contributed by atoms with Gasteiger partial charge in [-0.2, -0.15) is 0 Å². The molecule has 0 heterocycles. The minimum absolute atomic E-state index is 0.256. The molecule has 0 spiro atoms. The van der Waals surface area contributed by atoms with Gasteiger partial charge in [0.15, 0.2) is 14.7 Å². The zero-order chi connectivity index (χ0) is 15.5. The van der Waals surface area contributed by atoms with Gasteiger partial charge in [-0.05, 0) is 95.4 Å². The lowest BCUT2D eigenvalue weighted by atomic mass is 10.3. The summed E-state index contributed by atoms with van der Waals surface area (Å²) < 4.78 is 27.6. The van der Waals surface area contributed by atoms with Gasteiger partial charge in [0.1, 0.15) is 11.6 Å². The van der Waals surface area contributed by atoms with Gasteiger partial charge in [0.2, 0.25) is 0 Å². The van der Waals surface area contributed by atoms with E-state index in [1.54, 1.807) is 24.3 Å². The molecule has 0 fully saturated rings. The van der Waals surface area contributed by atoms with Crippen LogP contribution in [0.4, 0.5) is 8.78 Å². The summed E-state index contributed by atoms with van der Waals surface area (Å²) in [6.07, 6.45) is 0. The summed E-state index contributed by atoms with van der Waals surface area (Å²) in [7, 11) is -0.376. The molecule has 3 aromatic carbocycles. The minimum atomic E-state index is -0.376. The van der Waals surface area contributed by atoms with E-state index in [-0.39, 0.29) is 22.5 Å². The van der Waals surface area contributed by atoms with Crippen LogP contribution in [0.25, 0.3) is 0 Å². The van der Waals surface area contributed by atoms with Gasteiger partial charge in [0, 0.05) is 3.57 Å². The van der Waals surface area contributed by atoms with Gasteiger partial charge in [-0.3, -0.25) is 0 Å². The Morgan fingerprint density at radius 2 is 0.864 bits per heavy atom. The molecule has 0 aromatic heterocycles. The first kappa shape index (κ1) is 15.5. The number of hydrogen-bond donors (Lipinski definition) is 0. The highest BCUT2D eigenvalue weighted by Crippen LogP contribution is 2.31. The van der Waals surface area contributed by atoms with Crippen LogP contribution in [0.5, 0.6) is 0 Å². The lowest BCUT2D eigenvalue weighted by molar-refractivity contribution is 0.626. The van der Waals surface area contributed by atoms with E-state index in [0.29, 0.717) is 0 Å². The fraction of sp³-hybridized carbons (Fsp3) is 0. The number of rotatable bonds is 3. The number of hydrogen-bond acceptors (Lipinski definition) is 0. The fourth-order valence-corrected chi connectivity index (χ4v) is 4.52. The quantitative estimate of drug-likeness (QED) is 0.375. The van der Waals surface area contributed by atoms with Gasteiger partial charge < -0.3 is 0 Å². The lowest BCUT2D eigenvalue weighted by Gasteiger charge is -2.08. The van der Waals surface area contributed by atoms with Crippen molar-refractivity contribution < 1.29 is 8.78 Å². The Morgan fingerprint density at radius 3 is 1.23 bits per heavy atom. The Labute approximate surface area is 144 Å². The van der Waals surface area contributed by atoms with Crippen LogP contribution in [0.3, 0.4) is 0 Å².